The van der Waals surface area contributed by atoms with Crippen LogP contribution < -0.4 is 5.01 Å². The summed E-state index contributed by atoms with van der Waals surface area (Å²) in [5.41, 5.74) is 3.77. The Bertz CT molecular complexity index is 1050. The molecular weight excluding hydrogens is 457 g/mol. The van der Waals surface area contributed by atoms with Crippen molar-refractivity contribution in [3.63, 3.8) is 0 Å². The van der Waals surface area contributed by atoms with E-state index in [1.54, 1.807) is 24.3 Å². The molecule has 2 aromatic carbocycles. The number of nitrogens with zero attached hydrogens (tertiary/aromatic N) is 3. The van der Waals surface area contributed by atoms with Crippen molar-refractivity contribution in [3.8, 4) is 0 Å². The van der Waals surface area contributed by atoms with E-state index in [4.69, 9.17) is 33.0 Å². The van der Waals surface area contributed by atoms with Gasteiger partial charge >= 0.3 is 0 Å². The predicted octanol–water partition coefficient (Wildman–Crippen LogP) is 4.27. The van der Waals surface area contributed by atoms with Crippen LogP contribution in [-0.2, 0) is 14.6 Å². The third kappa shape index (κ3) is 6.20. The number of halogens is 2. The van der Waals surface area contributed by atoms with Crippen LogP contribution in [0.5, 0.6) is 0 Å². The number of anilines is 1. The molecule has 168 valence electrons. The minimum Gasteiger partial charge on any atom is -0.379 e. The van der Waals surface area contributed by atoms with Gasteiger partial charge in [-0.1, -0.05) is 23.2 Å². The molecular formula is C22H27Cl2N3O3S. The molecule has 0 fully saturated rings. The van der Waals surface area contributed by atoms with Crippen LogP contribution in [0.3, 0.4) is 0 Å². The SMILES string of the molecule is Cc1cc(Cl)c(Cl)cc1C1=NN(c2ccc(S(=O)(=O)CCOCCN(C)C)cc2)CC1. The number of sulfone groups is 1. The Morgan fingerprint density at radius 1 is 1.10 bits per heavy atom. The summed E-state index contributed by atoms with van der Waals surface area (Å²) < 4.78 is 30.5. The molecule has 0 saturated carbocycles. The molecule has 0 atom stereocenters. The van der Waals surface area contributed by atoms with Crippen LogP contribution in [0.2, 0.25) is 10.0 Å². The number of aryl methyl sites for hydroxylation is 1. The summed E-state index contributed by atoms with van der Waals surface area (Å²) in [6, 6.07) is 10.5. The van der Waals surface area contributed by atoms with E-state index in [-0.39, 0.29) is 17.3 Å². The Balaban J connectivity index is 1.66. The van der Waals surface area contributed by atoms with E-state index in [2.05, 4.69) is 0 Å². The van der Waals surface area contributed by atoms with Crippen LogP contribution in [0.25, 0.3) is 0 Å². The van der Waals surface area contributed by atoms with Crippen molar-refractivity contribution in [1.29, 1.82) is 0 Å². The highest BCUT2D eigenvalue weighted by Gasteiger charge is 2.21. The van der Waals surface area contributed by atoms with Crippen molar-refractivity contribution >= 4 is 44.4 Å². The number of hydrazone groups is 1. The third-order valence-corrected chi connectivity index (χ3v) is 7.47. The van der Waals surface area contributed by atoms with Crippen molar-refractivity contribution in [3.05, 3.63) is 57.6 Å². The minimum absolute atomic E-state index is 0.0393. The highest BCUT2D eigenvalue weighted by Crippen LogP contribution is 2.29. The van der Waals surface area contributed by atoms with Gasteiger partial charge in [0, 0.05) is 25.1 Å². The maximum absolute atomic E-state index is 12.5. The molecule has 0 saturated heterocycles. The van der Waals surface area contributed by atoms with Gasteiger partial charge in [0.05, 0.1) is 45.3 Å². The molecule has 0 aliphatic carbocycles. The summed E-state index contributed by atoms with van der Waals surface area (Å²) in [5.74, 6) is -0.0393. The fraction of sp³-hybridized carbons (Fsp3) is 0.409. The molecule has 0 N–H and O–H groups in total. The third-order valence-electron chi connectivity index (χ3n) is 5.05. The van der Waals surface area contributed by atoms with Crippen LogP contribution in [0.4, 0.5) is 5.69 Å². The molecule has 1 aliphatic rings. The van der Waals surface area contributed by atoms with E-state index in [9.17, 15) is 8.42 Å². The molecule has 9 heteroatoms. The zero-order chi connectivity index (χ0) is 22.6. The number of benzene rings is 2. The van der Waals surface area contributed by atoms with Crippen LogP contribution in [0.1, 0.15) is 17.5 Å². The summed E-state index contributed by atoms with van der Waals surface area (Å²) in [6.07, 6.45) is 0.767. The first-order valence-corrected chi connectivity index (χ1v) is 12.4. The first kappa shape index (κ1) is 24.0. The fourth-order valence-electron chi connectivity index (χ4n) is 3.25. The molecule has 6 nitrogen and oxygen atoms in total. The van der Waals surface area contributed by atoms with Gasteiger partial charge in [0.25, 0.3) is 0 Å². The normalized spacial score (nSPS) is 14.4. The van der Waals surface area contributed by atoms with Crippen molar-refractivity contribution in [2.75, 3.05) is 51.2 Å². The number of hydrogen-bond acceptors (Lipinski definition) is 6. The molecule has 0 aromatic heterocycles. The quantitative estimate of drug-likeness (QED) is 0.498. The molecule has 0 unspecified atom stereocenters. The Morgan fingerprint density at radius 2 is 1.77 bits per heavy atom. The first-order valence-electron chi connectivity index (χ1n) is 10.0. The summed E-state index contributed by atoms with van der Waals surface area (Å²) >= 11 is 12.3. The number of hydrogen-bond donors (Lipinski definition) is 0. The van der Waals surface area contributed by atoms with E-state index in [1.165, 1.54) is 0 Å². The van der Waals surface area contributed by atoms with E-state index < -0.39 is 9.84 Å². The molecule has 0 radical (unpaired) electrons. The lowest BCUT2D eigenvalue weighted by molar-refractivity contribution is 0.130. The van der Waals surface area contributed by atoms with Crippen LogP contribution in [-0.4, -0.2) is 65.2 Å². The van der Waals surface area contributed by atoms with Gasteiger partial charge in [-0.15, -0.1) is 0 Å². The lowest BCUT2D eigenvalue weighted by atomic mass is 10.0. The topological polar surface area (TPSA) is 62.2 Å². The average Bonchev–Trinajstić information content (AvgIpc) is 3.20. The van der Waals surface area contributed by atoms with Gasteiger partial charge in [-0.3, -0.25) is 5.01 Å². The van der Waals surface area contributed by atoms with E-state index in [1.807, 2.05) is 43.1 Å². The summed E-state index contributed by atoms with van der Waals surface area (Å²) in [5, 5.41) is 7.61. The van der Waals surface area contributed by atoms with Crippen LogP contribution in [0, 0.1) is 6.92 Å². The second kappa shape index (κ2) is 10.3. The van der Waals surface area contributed by atoms with Crippen LogP contribution >= 0.6 is 23.2 Å². The minimum atomic E-state index is -3.39. The highest BCUT2D eigenvalue weighted by atomic mass is 35.5. The van der Waals surface area contributed by atoms with Crippen molar-refractivity contribution in [2.24, 2.45) is 5.10 Å². The molecule has 2 aromatic rings. The standard InChI is InChI=1S/C22H27Cl2N3O3S/c1-16-14-20(23)21(24)15-19(16)22-8-9-27(25-22)17-4-6-18(7-5-17)31(28,29)13-12-30-11-10-26(2)3/h4-7,14-15H,8-13H2,1-3H3. The number of ether oxygens (including phenoxy) is 1. The molecule has 3 rings (SSSR count). The maximum Gasteiger partial charge on any atom is 0.180 e. The lowest BCUT2D eigenvalue weighted by Crippen LogP contribution is -2.20. The molecule has 0 spiro atoms. The second-order valence-corrected chi connectivity index (χ2v) is 10.7. The van der Waals surface area contributed by atoms with Crippen LogP contribution in [0.15, 0.2) is 46.4 Å². The van der Waals surface area contributed by atoms with E-state index >= 15 is 0 Å². The zero-order valence-electron chi connectivity index (χ0n) is 17.9. The summed E-state index contributed by atoms with van der Waals surface area (Å²) in [4.78, 5) is 2.28. The van der Waals surface area contributed by atoms with Gasteiger partial charge in [0.15, 0.2) is 9.84 Å². The maximum atomic E-state index is 12.5. The zero-order valence-corrected chi connectivity index (χ0v) is 20.3. The van der Waals surface area contributed by atoms with Crippen molar-refractivity contribution in [1.82, 2.24) is 4.90 Å². The predicted molar refractivity (Wildman–Crippen MR) is 128 cm³/mol. The monoisotopic (exact) mass is 483 g/mol. The van der Waals surface area contributed by atoms with Crippen molar-refractivity contribution in [2.45, 2.75) is 18.2 Å². The second-order valence-electron chi connectivity index (χ2n) is 7.73. The highest BCUT2D eigenvalue weighted by molar-refractivity contribution is 7.91. The van der Waals surface area contributed by atoms with Gasteiger partial charge < -0.3 is 9.64 Å². The molecule has 1 heterocycles. The lowest BCUT2D eigenvalue weighted by Gasteiger charge is -2.14. The van der Waals surface area contributed by atoms with Gasteiger partial charge in [-0.2, -0.15) is 5.10 Å². The molecule has 31 heavy (non-hydrogen) atoms. The van der Waals surface area contributed by atoms with Gasteiger partial charge in [-0.05, 0) is 63.0 Å². The van der Waals surface area contributed by atoms with Crippen molar-refractivity contribution < 1.29 is 13.2 Å². The molecule has 0 amide bonds. The Morgan fingerprint density at radius 3 is 2.45 bits per heavy atom. The van der Waals surface area contributed by atoms with E-state index in [0.717, 1.165) is 35.5 Å². The average molecular weight is 484 g/mol. The largest absolute Gasteiger partial charge is 0.379 e. The Labute approximate surface area is 194 Å². The van der Waals surface area contributed by atoms with Gasteiger partial charge in [-0.25, -0.2) is 8.42 Å². The Hall–Kier alpha value is -1.64. The smallest absolute Gasteiger partial charge is 0.180 e. The van der Waals surface area contributed by atoms with Gasteiger partial charge in [0.2, 0.25) is 0 Å². The number of rotatable bonds is 9. The molecule has 1 aliphatic heterocycles. The number of likely N-dealkylation sites (N-methyl/N-ethyl adjacent to an activating group) is 1. The summed E-state index contributed by atoms with van der Waals surface area (Å²) in [7, 11) is 0.501. The Kier molecular flexibility index (Phi) is 7.99. The first-order chi connectivity index (χ1) is 14.7. The van der Waals surface area contributed by atoms with Gasteiger partial charge in [0.1, 0.15) is 0 Å². The molecule has 0 bridgehead atoms. The fourth-order valence-corrected chi connectivity index (χ4v) is 4.76. The summed E-state index contributed by atoms with van der Waals surface area (Å²) in [6.45, 7) is 4.14. The van der Waals surface area contributed by atoms with E-state index in [0.29, 0.717) is 23.2 Å².